The Hall–Kier alpha value is -2.68. The lowest BCUT2D eigenvalue weighted by molar-refractivity contribution is 0.257. The molecule has 1 aliphatic carbocycles. The van der Waals surface area contributed by atoms with E-state index in [0.717, 1.165) is 25.8 Å². The van der Waals surface area contributed by atoms with Crippen LogP contribution in [0.4, 0.5) is 27.9 Å². The Morgan fingerprint density at radius 3 is 2.57 bits per heavy atom. The van der Waals surface area contributed by atoms with E-state index in [-0.39, 0.29) is 29.3 Å². The molecule has 4 rings (SSSR count). The van der Waals surface area contributed by atoms with Gasteiger partial charge in [-0.15, -0.1) is 0 Å². The molecule has 1 aliphatic heterocycles. The fraction of sp³-hybridized carbons (Fsp3) is 0.654. The molecule has 1 aromatic carbocycles. The van der Waals surface area contributed by atoms with Crippen molar-refractivity contribution in [3.8, 4) is 5.75 Å². The number of nitrogen functional groups attached to an aromatic ring is 1. The molecule has 192 valence electrons. The van der Waals surface area contributed by atoms with Gasteiger partial charge in [0.1, 0.15) is 0 Å². The Kier molecular flexibility index (Phi) is 7.94. The third kappa shape index (κ3) is 5.77. The van der Waals surface area contributed by atoms with Crippen molar-refractivity contribution in [2.24, 2.45) is 5.92 Å². The van der Waals surface area contributed by atoms with Gasteiger partial charge in [0.25, 0.3) is 0 Å². The maximum atomic E-state index is 14.8. The highest BCUT2D eigenvalue weighted by Crippen LogP contribution is 2.36. The van der Waals surface area contributed by atoms with Gasteiger partial charge in [-0.3, -0.25) is 0 Å². The molecule has 1 saturated heterocycles. The summed E-state index contributed by atoms with van der Waals surface area (Å²) < 4.78 is 19.9. The predicted octanol–water partition coefficient (Wildman–Crippen LogP) is 5.04. The number of hydrogen-bond acceptors (Lipinski definition) is 8. The first-order valence-electron chi connectivity index (χ1n) is 13.0. The molecule has 2 atom stereocenters. The number of aromatic nitrogens is 3. The van der Waals surface area contributed by atoms with Crippen molar-refractivity contribution >= 4 is 23.5 Å². The Labute approximate surface area is 208 Å². The van der Waals surface area contributed by atoms with E-state index in [9.17, 15) is 4.39 Å². The number of benzene rings is 1. The van der Waals surface area contributed by atoms with Crippen LogP contribution in [0.5, 0.6) is 5.75 Å². The second-order valence-corrected chi connectivity index (χ2v) is 10.4. The second-order valence-electron chi connectivity index (χ2n) is 10.4. The molecule has 0 amide bonds. The van der Waals surface area contributed by atoms with Gasteiger partial charge in [0.05, 0.1) is 13.2 Å². The minimum Gasteiger partial charge on any atom is -0.494 e. The van der Waals surface area contributed by atoms with Gasteiger partial charge in [-0.25, -0.2) is 4.39 Å². The third-order valence-corrected chi connectivity index (χ3v) is 7.64. The molecule has 2 aromatic rings. The van der Waals surface area contributed by atoms with Crippen LogP contribution in [0.3, 0.4) is 0 Å². The van der Waals surface area contributed by atoms with Crippen LogP contribution >= 0.6 is 0 Å². The minimum atomic E-state index is -0.428. The number of halogens is 1. The summed E-state index contributed by atoms with van der Waals surface area (Å²) in [5, 5.41) is 7.15. The van der Waals surface area contributed by atoms with E-state index in [1.54, 1.807) is 6.07 Å². The Balaban J connectivity index is 1.72. The van der Waals surface area contributed by atoms with Gasteiger partial charge >= 0.3 is 0 Å². The SMILES string of the molecule is CCC(C1CCCN1)N(c1ccc(OC)c(F)c1)c1nc(N)nc(NC(C)(C)C2CCCCC2)n1. The number of ether oxygens (including phenoxy) is 1. The van der Waals surface area contributed by atoms with Crippen molar-refractivity contribution in [1.29, 1.82) is 0 Å². The molecular formula is C26H40FN7O. The third-order valence-electron chi connectivity index (χ3n) is 7.64. The summed E-state index contributed by atoms with van der Waals surface area (Å²) in [5.74, 6) is 1.33. The molecule has 9 heteroatoms. The monoisotopic (exact) mass is 485 g/mol. The maximum Gasteiger partial charge on any atom is 0.236 e. The number of methoxy groups -OCH3 is 1. The van der Waals surface area contributed by atoms with E-state index in [1.165, 1.54) is 45.3 Å². The van der Waals surface area contributed by atoms with Crippen LogP contribution in [0.25, 0.3) is 0 Å². The molecule has 0 bridgehead atoms. The van der Waals surface area contributed by atoms with Crippen molar-refractivity contribution in [3.63, 3.8) is 0 Å². The molecule has 1 saturated carbocycles. The smallest absolute Gasteiger partial charge is 0.236 e. The van der Waals surface area contributed by atoms with E-state index in [2.05, 4.69) is 41.4 Å². The molecule has 2 heterocycles. The van der Waals surface area contributed by atoms with E-state index < -0.39 is 5.82 Å². The predicted molar refractivity (Wildman–Crippen MR) is 139 cm³/mol. The van der Waals surface area contributed by atoms with Gasteiger partial charge in [0.15, 0.2) is 11.6 Å². The van der Waals surface area contributed by atoms with Gasteiger partial charge in [0, 0.05) is 23.3 Å². The molecular weight excluding hydrogens is 445 g/mol. The molecule has 2 aliphatic rings. The van der Waals surface area contributed by atoms with Gasteiger partial charge < -0.3 is 26.0 Å². The highest BCUT2D eigenvalue weighted by molar-refractivity contribution is 5.62. The highest BCUT2D eigenvalue weighted by atomic mass is 19.1. The Bertz CT molecular complexity index is 990. The standard InChI is InChI=1S/C26H40FN7O/c1-5-21(20-12-9-15-29-20)34(18-13-14-22(35-4)19(27)16-18)25-31-23(28)30-24(32-25)33-26(2,3)17-10-7-6-8-11-17/h13-14,16-17,20-21,29H,5-12,15H2,1-4H3,(H3,28,30,31,32,33). The summed E-state index contributed by atoms with van der Waals surface area (Å²) in [6.07, 6.45) is 9.16. The number of hydrogen-bond donors (Lipinski definition) is 3. The summed E-state index contributed by atoms with van der Waals surface area (Å²) in [7, 11) is 1.46. The fourth-order valence-electron chi connectivity index (χ4n) is 5.71. The van der Waals surface area contributed by atoms with Gasteiger partial charge in [-0.05, 0) is 70.5 Å². The molecule has 4 N–H and O–H groups in total. The van der Waals surface area contributed by atoms with Crippen molar-refractivity contribution in [3.05, 3.63) is 24.0 Å². The summed E-state index contributed by atoms with van der Waals surface area (Å²) in [5.41, 5.74) is 6.68. The summed E-state index contributed by atoms with van der Waals surface area (Å²) in [6.45, 7) is 7.51. The largest absolute Gasteiger partial charge is 0.494 e. The number of rotatable bonds is 9. The quantitative estimate of drug-likeness (QED) is 0.454. The zero-order valence-electron chi connectivity index (χ0n) is 21.5. The Morgan fingerprint density at radius 1 is 1.17 bits per heavy atom. The zero-order valence-corrected chi connectivity index (χ0v) is 21.5. The minimum absolute atomic E-state index is 0.0197. The molecule has 2 unspecified atom stereocenters. The van der Waals surface area contributed by atoms with Crippen LogP contribution in [-0.4, -0.2) is 46.2 Å². The van der Waals surface area contributed by atoms with Crippen LogP contribution in [0.1, 0.15) is 72.1 Å². The number of nitrogens with two attached hydrogens (primary N) is 1. The molecule has 2 fully saturated rings. The Morgan fingerprint density at radius 2 is 1.94 bits per heavy atom. The molecule has 0 radical (unpaired) electrons. The topological polar surface area (TPSA) is 101 Å². The lowest BCUT2D eigenvalue weighted by atomic mass is 9.77. The molecule has 0 spiro atoms. The van der Waals surface area contributed by atoms with E-state index in [0.29, 0.717) is 23.5 Å². The van der Waals surface area contributed by atoms with Crippen molar-refractivity contribution in [2.45, 2.75) is 89.8 Å². The number of anilines is 4. The van der Waals surface area contributed by atoms with Gasteiger partial charge in [-0.1, -0.05) is 26.2 Å². The average Bonchev–Trinajstić information content (AvgIpc) is 3.37. The first kappa shape index (κ1) is 25.4. The lowest BCUT2D eigenvalue weighted by Gasteiger charge is -2.38. The zero-order chi connectivity index (χ0) is 25.0. The fourth-order valence-corrected chi connectivity index (χ4v) is 5.71. The van der Waals surface area contributed by atoms with Crippen LogP contribution in [-0.2, 0) is 0 Å². The van der Waals surface area contributed by atoms with Crippen molar-refractivity contribution < 1.29 is 9.13 Å². The average molecular weight is 486 g/mol. The van der Waals surface area contributed by atoms with Gasteiger partial charge in [-0.2, -0.15) is 15.0 Å². The normalized spacial score (nSPS) is 20.0. The molecule has 8 nitrogen and oxygen atoms in total. The van der Waals surface area contributed by atoms with Crippen molar-refractivity contribution in [1.82, 2.24) is 20.3 Å². The summed E-state index contributed by atoms with van der Waals surface area (Å²) in [4.78, 5) is 15.8. The van der Waals surface area contributed by atoms with Crippen LogP contribution in [0.15, 0.2) is 18.2 Å². The van der Waals surface area contributed by atoms with Crippen LogP contribution in [0.2, 0.25) is 0 Å². The summed E-state index contributed by atoms with van der Waals surface area (Å²) in [6, 6.07) is 5.22. The summed E-state index contributed by atoms with van der Waals surface area (Å²) >= 11 is 0. The molecule has 1 aromatic heterocycles. The molecule has 35 heavy (non-hydrogen) atoms. The second kappa shape index (κ2) is 10.9. The van der Waals surface area contributed by atoms with Crippen LogP contribution < -0.4 is 26.0 Å². The number of nitrogens with zero attached hydrogens (tertiary/aromatic N) is 4. The van der Waals surface area contributed by atoms with Gasteiger partial charge in [0.2, 0.25) is 17.8 Å². The first-order valence-corrected chi connectivity index (χ1v) is 13.0. The maximum absolute atomic E-state index is 14.8. The van der Waals surface area contributed by atoms with Crippen molar-refractivity contribution in [2.75, 3.05) is 29.6 Å². The first-order chi connectivity index (χ1) is 16.8. The lowest BCUT2D eigenvalue weighted by Crippen LogP contribution is -2.46. The van der Waals surface area contributed by atoms with E-state index in [1.807, 2.05) is 11.0 Å². The number of nitrogens with one attached hydrogen (secondary N) is 2. The highest BCUT2D eigenvalue weighted by Gasteiger charge is 2.34. The van der Waals surface area contributed by atoms with E-state index in [4.69, 9.17) is 15.5 Å². The van der Waals surface area contributed by atoms with Crippen LogP contribution in [0, 0.1) is 11.7 Å². The van der Waals surface area contributed by atoms with E-state index >= 15 is 0 Å².